The minimum Gasteiger partial charge on any atom is -0.319 e. The number of hydrogen-bond acceptors (Lipinski definition) is 1. The van der Waals surface area contributed by atoms with Gasteiger partial charge in [0.25, 0.3) is 0 Å². The van der Waals surface area contributed by atoms with E-state index >= 15 is 0 Å². The molecule has 2 bridgehead atoms. The predicted molar refractivity (Wildman–Crippen MR) is 65.9 cm³/mol. The Hall–Kier alpha value is -0.0400. The van der Waals surface area contributed by atoms with Crippen molar-refractivity contribution >= 4 is 0 Å². The molecule has 0 radical (unpaired) electrons. The van der Waals surface area contributed by atoms with Crippen LogP contribution in [0.3, 0.4) is 0 Å². The zero-order valence-electron chi connectivity index (χ0n) is 10.7. The molecule has 3 aliphatic rings. The van der Waals surface area contributed by atoms with E-state index in [0.29, 0.717) is 5.41 Å². The van der Waals surface area contributed by atoms with Gasteiger partial charge >= 0.3 is 0 Å². The Kier molecular flexibility index (Phi) is 3.12. The van der Waals surface area contributed by atoms with Crippen LogP contribution in [-0.2, 0) is 0 Å². The van der Waals surface area contributed by atoms with E-state index in [-0.39, 0.29) is 0 Å². The number of nitrogens with one attached hydrogen (secondary N) is 1. The molecule has 0 aromatic heterocycles. The van der Waals surface area contributed by atoms with Gasteiger partial charge in [0.15, 0.2) is 0 Å². The highest BCUT2D eigenvalue weighted by Gasteiger charge is 2.47. The molecule has 0 spiro atoms. The summed E-state index contributed by atoms with van der Waals surface area (Å²) in [5.74, 6) is 0.889. The average molecular weight is 209 g/mol. The molecule has 15 heavy (non-hydrogen) atoms. The maximum absolute atomic E-state index is 3.41. The second kappa shape index (κ2) is 4.08. The smallest absolute Gasteiger partial charge is 0.000481 e. The van der Waals surface area contributed by atoms with Gasteiger partial charge in [-0.15, -0.1) is 0 Å². The highest BCUT2D eigenvalue weighted by molar-refractivity contribution is 5.00. The van der Waals surface area contributed by atoms with Crippen molar-refractivity contribution in [2.24, 2.45) is 16.7 Å². The van der Waals surface area contributed by atoms with Crippen molar-refractivity contribution in [1.82, 2.24) is 5.32 Å². The van der Waals surface area contributed by atoms with Gasteiger partial charge < -0.3 is 5.32 Å². The molecule has 3 rings (SSSR count). The van der Waals surface area contributed by atoms with Crippen LogP contribution < -0.4 is 5.32 Å². The first-order chi connectivity index (χ1) is 7.10. The van der Waals surface area contributed by atoms with E-state index in [1.807, 2.05) is 0 Å². The van der Waals surface area contributed by atoms with E-state index in [1.165, 1.54) is 51.5 Å². The fourth-order valence-corrected chi connectivity index (χ4v) is 4.15. The van der Waals surface area contributed by atoms with Gasteiger partial charge in [0, 0.05) is 6.54 Å². The molecule has 3 saturated carbocycles. The lowest BCUT2D eigenvalue weighted by Crippen LogP contribution is -2.46. The second-order valence-electron chi connectivity index (χ2n) is 6.63. The highest BCUT2D eigenvalue weighted by Crippen LogP contribution is 2.58. The van der Waals surface area contributed by atoms with E-state index in [4.69, 9.17) is 0 Å². The van der Waals surface area contributed by atoms with Crippen LogP contribution in [0.4, 0.5) is 0 Å². The van der Waals surface area contributed by atoms with Gasteiger partial charge in [-0.05, 0) is 68.7 Å². The molecular formula is C14H27N. The van der Waals surface area contributed by atoms with Crippen LogP contribution in [0.5, 0.6) is 0 Å². The minimum atomic E-state index is 0.688. The van der Waals surface area contributed by atoms with Gasteiger partial charge in [-0.2, -0.15) is 0 Å². The van der Waals surface area contributed by atoms with Crippen LogP contribution in [0.15, 0.2) is 0 Å². The lowest BCUT2D eigenvalue weighted by molar-refractivity contribution is -0.0195. The summed E-state index contributed by atoms with van der Waals surface area (Å²) < 4.78 is 0. The van der Waals surface area contributed by atoms with Gasteiger partial charge in [-0.3, -0.25) is 0 Å². The summed E-state index contributed by atoms with van der Waals surface area (Å²) in [5, 5.41) is 3.41. The van der Waals surface area contributed by atoms with Crippen LogP contribution in [0.1, 0.15) is 58.8 Å². The molecule has 0 atom stereocenters. The van der Waals surface area contributed by atoms with Crippen LogP contribution in [0, 0.1) is 16.7 Å². The van der Waals surface area contributed by atoms with Gasteiger partial charge in [0.1, 0.15) is 0 Å². The summed E-state index contributed by atoms with van der Waals surface area (Å²) in [5.41, 5.74) is 1.44. The third-order valence-corrected chi connectivity index (χ3v) is 4.95. The zero-order chi connectivity index (χ0) is 10.9. The van der Waals surface area contributed by atoms with E-state index < -0.39 is 0 Å². The van der Waals surface area contributed by atoms with Crippen LogP contribution >= 0.6 is 0 Å². The monoisotopic (exact) mass is 209 g/mol. The molecule has 3 fully saturated rings. The van der Waals surface area contributed by atoms with Crippen molar-refractivity contribution < 1.29 is 0 Å². The standard InChI is InChI=1S/C14H27N/c1-12(2)10-13-4-7-14(8-5-13,9-6-13)11-15-3/h12,15H,4-11H2,1-3H3. The SMILES string of the molecule is CNCC12CCC(CC(C)C)(CC1)CC2. The molecule has 0 heterocycles. The minimum absolute atomic E-state index is 0.688. The summed E-state index contributed by atoms with van der Waals surface area (Å²) >= 11 is 0. The zero-order valence-corrected chi connectivity index (χ0v) is 10.7. The maximum atomic E-state index is 3.41. The summed E-state index contributed by atoms with van der Waals surface area (Å²) in [6.07, 6.45) is 10.5. The van der Waals surface area contributed by atoms with E-state index in [2.05, 4.69) is 26.2 Å². The third-order valence-electron chi connectivity index (χ3n) is 4.95. The lowest BCUT2D eigenvalue weighted by Gasteiger charge is -2.54. The first-order valence-corrected chi connectivity index (χ1v) is 6.74. The molecular weight excluding hydrogens is 182 g/mol. The molecule has 0 aromatic rings. The predicted octanol–water partition coefficient (Wildman–Crippen LogP) is 3.59. The van der Waals surface area contributed by atoms with E-state index in [9.17, 15) is 0 Å². The average Bonchev–Trinajstić information content (AvgIpc) is 2.20. The molecule has 1 nitrogen and oxygen atoms in total. The first-order valence-electron chi connectivity index (χ1n) is 6.74. The Morgan fingerprint density at radius 3 is 1.80 bits per heavy atom. The molecule has 0 saturated heterocycles. The van der Waals surface area contributed by atoms with E-state index in [0.717, 1.165) is 11.3 Å². The Morgan fingerprint density at radius 1 is 0.933 bits per heavy atom. The fourth-order valence-electron chi connectivity index (χ4n) is 4.15. The summed E-state index contributed by atoms with van der Waals surface area (Å²) in [4.78, 5) is 0. The third kappa shape index (κ3) is 2.22. The van der Waals surface area contributed by atoms with Gasteiger partial charge in [-0.1, -0.05) is 13.8 Å². The molecule has 88 valence electrons. The number of fused-ring (bicyclic) bond motifs is 3. The molecule has 0 amide bonds. The molecule has 1 N–H and O–H groups in total. The Labute approximate surface area is 95.0 Å². The fraction of sp³-hybridized carbons (Fsp3) is 1.00. The van der Waals surface area contributed by atoms with Crippen LogP contribution in [0.25, 0.3) is 0 Å². The Morgan fingerprint density at radius 2 is 1.40 bits per heavy atom. The van der Waals surface area contributed by atoms with Crippen molar-refractivity contribution in [2.75, 3.05) is 13.6 Å². The molecule has 0 unspecified atom stereocenters. The maximum Gasteiger partial charge on any atom is 0.000481 e. The van der Waals surface area contributed by atoms with Crippen LogP contribution in [-0.4, -0.2) is 13.6 Å². The quantitative estimate of drug-likeness (QED) is 0.746. The number of rotatable bonds is 4. The highest BCUT2D eigenvalue weighted by atomic mass is 14.8. The summed E-state index contributed by atoms with van der Waals surface area (Å²) in [6, 6.07) is 0. The molecule has 1 heteroatoms. The normalized spacial score (nSPS) is 40.0. The van der Waals surface area contributed by atoms with Gasteiger partial charge in [-0.25, -0.2) is 0 Å². The number of hydrogen-bond donors (Lipinski definition) is 1. The van der Waals surface area contributed by atoms with Gasteiger partial charge in [0.2, 0.25) is 0 Å². The lowest BCUT2D eigenvalue weighted by atomic mass is 9.52. The van der Waals surface area contributed by atoms with Crippen molar-refractivity contribution in [3.63, 3.8) is 0 Å². The first kappa shape index (κ1) is 11.4. The van der Waals surface area contributed by atoms with Crippen molar-refractivity contribution in [2.45, 2.75) is 58.8 Å². The topological polar surface area (TPSA) is 12.0 Å². The largest absolute Gasteiger partial charge is 0.319 e. The van der Waals surface area contributed by atoms with Crippen molar-refractivity contribution in [1.29, 1.82) is 0 Å². The van der Waals surface area contributed by atoms with Crippen molar-refractivity contribution in [3.8, 4) is 0 Å². The van der Waals surface area contributed by atoms with Crippen LogP contribution in [0.2, 0.25) is 0 Å². The Balaban J connectivity index is 1.97. The Bertz CT molecular complexity index is 195. The summed E-state index contributed by atoms with van der Waals surface area (Å²) in [7, 11) is 2.11. The van der Waals surface area contributed by atoms with Crippen molar-refractivity contribution in [3.05, 3.63) is 0 Å². The van der Waals surface area contributed by atoms with Gasteiger partial charge in [0.05, 0.1) is 0 Å². The summed E-state index contributed by atoms with van der Waals surface area (Å²) in [6.45, 7) is 6.03. The molecule has 3 aliphatic carbocycles. The molecule has 0 aromatic carbocycles. The molecule has 0 aliphatic heterocycles. The second-order valence-corrected chi connectivity index (χ2v) is 6.63. The van der Waals surface area contributed by atoms with E-state index in [1.54, 1.807) is 0 Å².